The number of thioether (sulfide) groups is 1. The zero-order valence-electron chi connectivity index (χ0n) is 12.2. The van der Waals surface area contributed by atoms with Crippen LogP contribution in [0.25, 0.3) is 0 Å². The SMILES string of the molecule is CN=C(NCc1cn[nH]c1C)N1CCSC(C)(C)C1. The lowest BCUT2D eigenvalue weighted by Gasteiger charge is -2.39. The summed E-state index contributed by atoms with van der Waals surface area (Å²) in [7, 11) is 1.85. The zero-order valence-corrected chi connectivity index (χ0v) is 13.0. The van der Waals surface area contributed by atoms with Crippen molar-refractivity contribution in [1.82, 2.24) is 20.4 Å². The quantitative estimate of drug-likeness (QED) is 0.639. The van der Waals surface area contributed by atoms with Crippen LogP contribution < -0.4 is 5.32 Å². The summed E-state index contributed by atoms with van der Waals surface area (Å²) in [5, 5.41) is 10.4. The monoisotopic (exact) mass is 281 g/mol. The van der Waals surface area contributed by atoms with Gasteiger partial charge in [0.15, 0.2) is 5.96 Å². The predicted octanol–water partition coefficient (Wildman–Crippen LogP) is 1.62. The molecule has 1 aromatic rings. The Morgan fingerprint density at radius 2 is 2.42 bits per heavy atom. The second-order valence-electron chi connectivity index (χ2n) is 5.45. The number of hydrogen-bond acceptors (Lipinski definition) is 3. The average Bonchev–Trinajstić information content (AvgIpc) is 2.75. The minimum absolute atomic E-state index is 0.293. The van der Waals surface area contributed by atoms with Crippen molar-refractivity contribution in [2.45, 2.75) is 32.1 Å². The second kappa shape index (κ2) is 5.86. The van der Waals surface area contributed by atoms with Gasteiger partial charge in [0.1, 0.15) is 0 Å². The molecule has 1 fully saturated rings. The van der Waals surface area contributed by atoms with E-state index >= 15 is 0 Å². The summed E-state index contributed by atoms with van der Waals surface area (Å²) < 4.78 is 0.293. The molecule has 6 heteroatoms. The smallest absolute Gasteiger partial charge is 0.193 e. The van der Waals surface area contributed by atoms with E-state index in [-0.39, 0.29) is 0 Å². The van der Waals surface area contributed by atoms with Crippen molar-refractivity contribution < 1.29 is 0 Å². The number of H-pyrrole nitrogens is 1. The Balaban J connectivity index is 1.95. The first kappa shape index (κ1) is 14.2. The summed E-state index contributed by atoms with van der Waals surface area (Å²) >= 11 is 2.03. The van der Waals surface area contributed by atoms with Gasteiger partial charge in [0, 0.05) is 48.4 Å². The lowest BCUT2D eigenvalue weighted by molar-refractivity contribution is 0.375. The van der Waals surface area contributed by atoms with Crippen LogP contribution in [0.15, 0.2) is 11.2 Å². The molecule has 2 heterocycles. The number of rotatable bonds is 2. The van der Waals surface area contributed by atoms with E-state index in [4.69, 9.17) is 0 Å². The van der Waals surface area contributed by atoms with Crippen molar-refractivity contribution in [2.24, 2.45) is 4.99 Å². The van der Waals surface area contributed by atoms with Gasteiger partial charge in [-0.2, -0.15) is 16.9 Å². The van der Waals surface area contributed by atoms with Crippen LogP contribution in [0.2, 0.25) is 0 Å². The van der Waals surface area contributed by atoms with E-state index in [2.05, 4.69) is 39.3 Å². The third-order valence-corrected chi connectivity index (χ3v) is 4.61. The van der Waals surface area contributed by atoms with Crippen LogP contribution in [0, 0.1) is 6.92 Å². The summed E-state index contributed by atoms with van der Waals surface area (Å²) in [4.78, 5) is 6.74. The third-order valence-electron chi connectivity index (χ3n) is 3.31. The number of nitrogens with zero attached hydrogens (tertiary/aromatic N) is 3. The fourth-order valence-electron chi connectivity index (χ4n) is 2.26. The molecule has 0 aromatic carbocycles. The maximum atomic E-state index is 4.40. The molecule has 2 N–H and O–H groups in total. The van der Waals surface area contributed by atoms with Gasteiger partial charge in [0.25, 0.3) is 0 Å². The Bertz CT molecular complexity index is 452. The fourth-order valence-corrected chi connectivity index (χ4v) is 3.37. The molecule has 1 aliphatic rings. The van der Waals surface area contributed by atoms with Gasteiger partial charge in [0.05, 0.1) is 6.20 Å². The molecule has 0 saturated carbocycles. The first-order valence-electron chi connectivity index (χ1n) is 6.60. The lowest BCUT2D eigenvalue weighted by Crippen LogP contribution is -2.50. The minimum atomic E-state index is 0.293. The maximum absolute atomic E-state index is 4.40. The molecular weight excluding hydrogens is 258 g/mol. The number of hydrogen-bond donors (Lipinski definition) is 2. The van der Waals surface area contributed by atoms with Gasteiger partial charge in [-0.15, -0.1) is 0 Å². The molecule has 19 heavy (non-hydrogen) atoms. The van der Waals surface area contributed by atoms with Crippen molar-refractivity contribution in [1.29, 1.82) is 0 Å². The van der Waals surface area contributed by atoms with E-state index < -0.39 is 0 Å². The number of aryl methyl sites for hydroxylation is 1. The lowest BCUT2D eigenvalue weighted by atomic mass is 10.2. The molecule has 0 amide bonds. The van der Waals surface area contributed by atoms with Crippen molar-refractivity contribution in [3.8, 4) is 0 Å². The van der Waals surface area contributed by atoms with Crippen molar-refractivity contribution in [3.63, 3.8) is 0 Å². The molecule has 0 atom stereocenters. The van der Waals surface area contributed by atoms with Crippen molar-refractivity contribution >= 4 is 17.7 Å². The highest BCUT2D eigenvalue weighted by Crippen LogP contribution is 2.29. The van der Waals surface area contributed by atoms with E-state index in [0.29, 0.717) is 4.75 Å². The van der Waals surface area contributed by atoms with Gasteiger partial charge in [-0.3, -0.25) is 10.1 Å². The number of aromatic amines is 1. The number of nitrogens with one attached hydrogen (secondary N) is 2. The van der Waals surface area contributed by atoms with E-state index in [1.165, 1.54) is 5.56 Å². The highest BCUT2D eigenvalue weighted by Gasteiger charge is 2.28. The predicted molar refractivity (Wildman–Crippen MR) is 81.6 cm³/mol. The molecule has 0 unspecified atom stereocenters. The highest BCUT2D eigenvalue weighted by molar-refractivity contribution is 8.00. The van der Waals surface area contributed by atoms with Crippen LogP contribution in [-0.4, -0.2) is 51.7 Å². The minimum Gasteiger partial charge on any atom is -0.352 e. The Labute approximate surface area is 119 Å². The van der Waals surface area contributed by atoms with Crippen LogP contribution in [0.1, 0.15) is 25.1 Å². The molecule has 0 radical (unpaired) electrons. The van der Waals surface area contributed by atoms with E-state index in [1.807, 2.05) is 31.9 Å². The van der Waals surface area contributed by atoms with Crippen LogP contribution in [0.5, 0.6) is 0 Å². The molecule has 106 valence electrons. The molecule has 1 aromatic heterocycles. The van der Waals surface area contributed by atoms with Crippen LogP contribution >= 0.6 is 11.8 Å². The van der Waals surface area contributed by atoms with Crippen LogP contribution in [0.4, 0.5) is 0 Å². The summed E-state index contributed by atoms with van der Waals surface area (Å²) in [5.74, 6) is 2.13. The number of guanidine groups is 1. The van der Waals surface area contributed by atoms with Crippen LogP contribution in [0.3, 0.4) is 0 Å². The highest BCUT2D eigenvalue weighted by atomic mass is 32.2. The molecule has 2 rings (SSSR count). The normalized spacial score (nSPS) is 19.6. The van der Waals surface area contributed by atoms with E-state index in [0.717, 1.165) is 37.0 Å². The summed E-state index contributed by atoms with van der Waals surface area (Å²) in [5.41, 5.74) is 2.30. The maximum Gasteiger partial charge on any atom is 0.193 e. The number of aliphatic imine (C=N–C) groups is 1. The Morgan fingerprint density at radius 1 is 1.63 bits per heavy atom. The van der Waals surface area contributed by atoms with Gasteiger partial charge < -0.3 is 10.2 Å². The topological polar surface area (TPSA) is 56.3 Å². The summed E-state index contributed by atoms with van der Waals surface area (Å²) in [6.07, 6.45) is 1.87. The molecular formula is C13H23N5S. The fraction of sp³-hybridized carbons (Fsp3) is 0.692. The van der Waals surface area contributed by atoms with Crippen molar-refractivity contribution in [3.05, 3.63) is 17.5 Å². The van der Waals surface area contributed by atoms with Gasteiger partial charge >= 0.3 is 0 Å². The molecule has 0 bridgehead atoms. The third kappa shape index (κ3) is 3.65. The number of aromatic nitrogens is 2. The Morgan fingerprint density at radius 3 is 3.00 bits per heavy atom. The Kier molecular flexibility index (Phi) is 4.39. The van der Waals surface area contributed by atoms with Crippen molar-refractivity contribution in [2.75, 3.05) is 25.9 Å². The van der Waals surface area contributed by atoms with Gasteiger partial charge in [0.2, 0.25) is 0 Å². The van der Waals surface area contributed by atoms with Gasteiger partial charge in [-0.05, 0) is 20.8 Å². The summed E-state index contributed by atoms with van der Waals surface area (Å²) in [6.45, 7) is 9.46. The second-order valence-corrected chi connectivity index (χ2v) is 7.25. The van der Waals surface area contributed by atoms with E-state index in [9.17, 15) is 0 Å². The molecule has 0 spiro atoms. The van der Waals surface area contributed by atoms with Gasteiger partial charge in [-0.25, -0.2) is 0 Å². The molecule has 1 aliphatic heterocycles. The zero-order chi connectivity index (χ0) is 13.9. The molecule has 0 aliphatic carbocycles. The van der Waals surface area contributed by atoms with E-state index in [1.54, 1.807) is 0 Å². The Hall–Kier alpha value is -1.17. The first-order chi connectivity index (χ1) is 9.02. The van der Waals surface area contributed by atoms with Crippen LogP contribution in [-0.2, 0) is 6.54 Å². The summed E-state index contributed by atoms with van der Waals surface area (Å²) in [6, 6.07) is 0. The van der Waals surface area contributed by atoms with Gasteiger partial charge in [-0.1, -0.05) is 0 Å². The first-order valence-corrected chi connectivity index (χ1v) is 7.59. The average molecular weight is 281 g/mol. The standard InChI is InChI=1S/C13H23N5S/c1-10-11(8-16-17-10)7-15-12(14-4)18-5-6-19-13(2,3)9-18/h8H,5-7,9H2,1-4H3,(H,14,15)(H,16,17). The molecule has 1 saturated heterocycles. The largest absolute Gasteiger partial charge is 0.352 e. The molecule has 5 nitrogen and oxygen atoms in total.